The van der Waals surface area contributed by atoms with Crippen LogP contribution in [0.3, 0.4) is 0 Å². The quantitative estimate of drug-likeness (QED) is 0.839. The Morgan fingerprint density at radius 3 is 2.48 bits per heavy atom. The van der Waals surface area contributed by atoms with E-state index in [9.17, 15) is 14.7 Å². The summed E-state index contributed by atoms with van der Waals surface area (Å²) in [4.78, 5) is 27.3. The molecule has 0 saturated carbocycles. The largest absolute Gasteiger partial charge is 0.480 e. The molecule has 1 saturated heterocycles. The minimum Gasteiger partial charge on any atom is -0.480 e. The van der Waals surface area contributed by atoms with Crippen molar-refractivity contribution in [3.05, 3.63) is 35.0 Å². The van der Waals surface area contributed by atoms with Gasteiger partial charge in [0.05, 0.1) is 5.52 Å². The maximum Gasteiger partial charge on any atom is 0.325 e. The van der Waals surface area contributed by atoms with E-state index in [-0.39, 0.29) is 6.54 Å². The molecule has 3 rings (SSSR count). The molecule has 8 heteroatoms. The van der Waals surface area contributed by atoms with E-state index in [0.29, 0.717) is 29.2 Å². The Labute approximate surface area is 150 Å². The molecule has 0 spiro atoms. The van der Waals surface area contributed by atoms with Crippen molar-refractivity contribution in [1.29, 1.82) is 0 Å². The van der Waals surface area contributed by atoms with Crippen LogP contribution in [0.1, 0.15) is 11.6 Å². The first-order chi connectivity index (χ1) is 11.9. The van der Waals surface area contributed by atoms with Crippen molar-refractivity contribution >= 4 is 34.4 Å². The minimum atomic E-state index is -0.991. The van der Waals surface area contributed by atoms with Gasteiger partial charge in [-0.15, -0.1) is 0 Å². The fourth-order valence-electron chi connectivity index (χ4n) is 3.35. The second kappa shape index (κ2) is 7.03. The fraction of sp³-hybridized carbons (Fsp3) is 0.412. The molecule has 0 amide bonds. The normalized spacial score (nSPS) is 17.7. The van der Waals surface area contributed by atoms with E-state index in [1.807, 2.05) is 11.9 Å². The van der Waals surface area contributed by atoms with Gasteiger partial charge in [-0.05, 0) is 19.2 Å². The standard InChI is InChI=1S/C17H20ClN3O4/c1-19-4-6-20(7-5-19)16(17(24)25)13-9-21(10-15(22)23)14-8-11(18)2-3-12(13)14/h2-3,8-9,16H,4-7,10H2,1H3,(H,22,23)(H,24,25)/t16-/m1/s1. The van der Waals surface area contributed by atoms with E-state index >= 15 is 0 Å². The molecule has 1 aromatic carbocycles. The zero-order chi connectivity index (χ0) is 18.1. The van der Waals surface area contributed by atoms with Gasteiger partial charge in [0.2, 0.25) is 0 Å². The van der Waals surface area contributed by atoms with Crippen LogP contribution >= 0.6 is 11.6 Å². The highest BCUT2D eigenvalue weighted by Gasteiger charge is 2.32. The van der Waals surface area contributed by atoms with Crippen LogP contribution in [-0.2, 0) is 16.1 Å². The van der Waals surface area contributed by atoms with Crippen LogP contribution in [0.15, 0.2) is 24.4 Å². The van der Waals surface area contributed by atoms with Gasteiger partial charge in [-0.2, -0.15) is 0 Å². The lowest BCUT2D eigenvalue weighted by Gasteiger charge is -2.36. The summed E-state index contributed by atoms with van der Waals surface area (Å²) in [6.45, 7) is 2.64. The molecule has 1 aliphatic rings. The molecular formula is C17H20ClN3O4. The Morgan fingerprint density at radius 1 is 1.20 bits per heavy atom. The van der Waals surface area contributed by atoms with Gasteiger partial charge in [0.15, 0.2) is 0 Å². The number of benzene rings is 1. The van der Waals surface area contributed by atoms with Crippen molar-refractivity contribution in [3.8, 4) is 0 Å². The van der Waals surface area contributed by atoms with E-state index in [2.05, 4.69) is 4.90 Å². The van der Waals surface area contributed by atoms with Gasteiger partial charge in [-0.1, -0.05) is 17.7 Å². The third-order valence-electron chi connectivity index (χ3n) is 4.61. The number of aromatic nitrogens is 1. The van der Waals surface area contributed by atoms with Crippen LogP contribution in [-0.4, -0.2) is 69.7 Å². The number of hydrogen-bond donors (Lipinski definition) is 2. The van der Waals surface area contributed by atoms with Crippen LogP contribution in [0.25, 0.3) is 10.9 Å². The number of carbonyl (C=O) groups is 2. The van der Waals surface area contributed by atoms with Crippen LogP contribution in [0.4, 0.5) is 0 Å². The van der Waals surface area contributed by atoms with E-state index in [1.54, 1.807) is 29.0 Å². The Hall–Kier alpha value is -2.09. The molecule has 1 atom stereocenters. The summed E-state index contributed by atoms with van der Waals surface area (Å²) in [6, 6.07) is 4.32. The molecule has 1 aromatic heterocycles. The SMILES string of the molecule is CN1CCN([C@@H](C(=O)O)c2cn(CC(=O)O)c3cc(Cl)ccc23)CC1. The maximum absolute atomic E-state index is 12.0. The van der Waals surface area contributed by atoms with Crippen LogP contribution in [0.2, 0.25) is 5.02 Å². The lowest BCUT2D eigenvalue weighted by atomic mass is 10.0. The molecule has 134 valence electrons. The van der Waals surface area contributed by atoms with E-state index in [4.69, 9.17) is 16.7 Å². The topological polar surface area (TPSA) is 86.0 Å². The predicted molar refractivity (Wildman–Crippen MR) is 94.0 cm³/mol. The average Bonchev–Trinajstić information content (AvgIpc) is 2.86. The summed E-state index contributed by atoms with van der Waals surface area (Å²) in [7, 11) is 2.01. The number of rotatable bonds is 5. The van der Waals surface area contributed by atoms with Crippen molar-refractivity contribution in [2.24, 2.45) is 0 Å². The summed E-state index contributed by atoms with van der Waals surface area (Å²) in [5.74, 6) is -1.93. The molecule has 1 aliphatic heterocycles. The first-order valence-corrected chi connectivity index (χ1v) is 8.40. The van der Waals surface area contributed by atoms with E-state index < -0.39 is 18.0 Å². The fourth-order valence-corrected chi connectivity index (χ4v) is 3.52. The van der Waals surface area contributed by atoms with Gasteiger partial charge in [-0.25, -0.2) is 0 Å². The Balaban J connectivity index is 2.08. The van der Waals surface area contributed by atoms with Crippen molar-refractivity contribution in [2.45, 2.75) is 12.6 Å². The van der Waals surface area contributed by atoms with Crippen LogP contribution < -0.4 is 0 Å². The third-order valence-corrected chi connectivity index (χ3v) is 4.85. The zero-order valence-corrected chi connectivity index (χ0v) is 14.6. The molecule has 2 N–H and O–H groups in total. The van der Waals surface area contributed by atoms with Crippen molar-refractivity contribution in [2.75, 3.05) is 33.2 Å². The lowest BCUT2D eigenvalue weighted by molar-refractivity contribution is -0.144. The summed E-state index contributed by atoms with van der Waals surface area (Å²) in [6.07, 6.45) is 1.63. The first kappa shape index (κ1) is 17.7. The number of fused-ring (bicyclic) bond motifs is 1. The van der Waals surface area contributed by atoms with Crippen molar-refractivity contribution < 1.29 is 19.8 Å². The summed E-state index contributed by atoms with van der Waals surface area (Å²) in [5, 5.41) is 20.2. The highest BCUT2D eigenvalue weighted by Crippen LogP contribution is 2.32. The van der Waals surface area contributed by atoms with Gasteiger partial charge in [0, 0.05) is 48.3 Å². The van der Waals surface area contributed by atoms with Crippen LogP contribution in [0, 0.1) is 0 Å². The molecule has 7 nitrogen and oxygen atoms in total. The van der Waals surface area contributed by atoms with Gasteiger partial charge < -0.3 is 19.7 Å². The molecule has 2 heterocycles. The second-order valence-corrected chi connectivity index (χ2v) is 6.78. The third kappa shape index (κ3) is 3.63. The van der Waals surface area contributed by atoms with Gasteiger partial charge >= 0.3 is 11.9 Å². The lowest BCUT2D eigenvalue weighted by Crippen LogP contribution is -2.47. The monoisotopic (exact) mass is 365 g/mol. The number of hydrogen-bond acceptors (Lipinski definition) is 4. The number of carboxylic acid groups (broad SMARTS) is 2. The molecule has 0 radical (unpaired) electrons. The molecule has 0 aliphatic carbocycles. The molecule has 2 aromatic rings. The summed E-state index contributed by atoms with van der Waals surface area (Å²) < 4.78 is 1.55. The van der Waals surface area contributed by atoms with Crippen molar-refractivity contribution in [3.63, 3.8) is 0 Å². The minimum absolute atomic E-state index is 0.244. The van der Waals surface area contributed by atoms with Gasteiger partial charge in [-0.3, -0.25) is 14.5 Å². The van der Waals surface area contributed by atoms with Crippen molar-refractivity contribution in [1.82, 2.24) is 14.4 Å². The zero-order valence-electron chi connectivity index (χ0n) is 13.9. The molecule has 0 bridgehead atoms. The van der Waals surface area contributed by atoms with Crippen LogP contribution in [0.5, 0.6) is 0 Å². The number of nitrogens with zero attached hydrogens (tertiary/aromatic N) is 3. The molecule has 0 unspecified atom stereocenters. The smallest absolute Gasteiger partial charge is 0.325 e. The number of halogens is 1. The highest BCUT2D eigenvalue weighted by molar-refractivity contribution is 6.31. The Bertz CT molecular complexity index is 812. The predicted octanol–water partition coefficient (Wildman–Crippen LogP) is 1.75. The summed E-state index contributed by atoms with van der Waals surface area (Å²) >= 11 is 6.05. The number of carboxylic acids is 2. The second-order valence-electron chi connectivity index (χ2n) is 6.35. The highest BCUT2D eigenvalue weighted by atomic mass is 35.5. The van der Waals surface area contributed by atoms with E-state index in [0.717, 1.165) is 18.5 Å². The number of piperazine rings is 1. The first-order valence-electron chi connectivity index (χ1n) is 8.02. The molecule has 1 fully saturated rings. The number of likely N-dealkylation sites (N-methyl/N-ethyl adjacent to an activating group) is 1. The maximum atomic E-state index is 12.0. The molecule has 25 heavy (non-hydrogen) atoms. The Kier molecular flexibility index (Phi) is 4.99. The van der Waals surface area contributed by atoms with E-state index in [1.165, 1.54) is 0 Å². The van der Waals surface area contributed by atoms with Gasteiger partial charge in [0.1, 0.15) is 12.6 Å². The van der Waals surface area contributed by atoms with Gasteiger partial charge in [0.25, 0.3) is 0 Å². The Morgan fingerprint density at radius 2 is 1.88 bits per heavy atom. The molecular weight excluding hydrogens is 346 g/mol. The average molecular weight is 366 g/mol. The summed E-state index contributed by atoms with van der Waals surface area (Å²) in [5.41, 5.74) is 1.23. The number of aliphatic carboxylic acids is 2.